The van der Waals surface area contributed by atoms with Crippen molar-refractivity contribution in [3.63, 3.8) is 0 Å². The Morgan fingerprint density at radius 3 is 2.92 bits per heavy atom. The largest absolute Gasteiger partial charge is 0.503 e. The van der Waals surface area contributed by atoms with Crippen LogP contribution < -0.4 is 5.73 Å². The second-order valence-electron chi connectivity index (χ2n) is 2.99. The van der Waals surface area contributed by atoms with E-state index < -0.39 is 11.6 Å². The van der Waals surface area contributed by atoms with E-state index in [2.05, 4.69) is 0 Å². The number of nitrogen functional groups attached to an aromatic ring is 1. The number of hydrogen-bond donors (Lipinski definition) is 2. The SMILES string of the molecule is Cn1ccc2c(F)c(O)c(N)cc21. The number of halogens is 1. The molecule has 0 saturated carbocycles. The van der Waals surface area contributed by atoms with E-state index in [0.29, 0.717) is 10.9 Å². The smallest absolute Gasteiger partial charge is 0.176 e. The van der Waals surface area contributed by atoms with Gasteiger partial charge in [-0.1, -0.05) is 0 Å². The molecule has 1 aromatic carbocycles. The van der Waals surface area contributed by atoms with Gasteiger partial charge in [-0.05, 0) is 12.1 Å². The van der Waals surface area contributed by atoms with Crippen LogP contribution in [0.3, 0.4) is 0 Å². The molecule has 0 unspecified atom stereocenters. The zero-order valence-electron chi connectivity index (χ0n) is 7.08. The molecule has 68 valence electrons. The van der Waals surface area contributed by atoms with Gasteiger partial charge in [-0.3, -0.25) is 0 Å². The first-order valence-electron chi connectivity index (χ1n) is 3.83. The number of aromatic nitrogens is 1. The van der Waals surface area contributed by atoms with Gasteiger partial charge < -0.3 is 15.4 Å². The molecule has 3 nitrogen and oxygen atoms in total. The van der Waals surface area contributed by atoms with Gasteiger partial charge in [0.05, 0.1) is 11.2 Å². The van der Waals surface area contributed by atoms with E-state index in [4.69, 9.17) is 5.73 Å². The summed E-state index contributed by atoms with van der Waals surface area (Å²) in [6, 6.07) is 3.15. The number of nitrogens with two attached hydrogens (primary N) is 1. The van der Waals surface area contributed by atoms with Crippen LogP contribution in [0.5, 0.6) is 5.75 Å². The topological polar surface area (TPSA) is 51.2 Å². The van der Waals surface area contributed by atoms with E-state index >= 15 is 0 Å². The molecule has 4 heteroatoms. The minimum atomic E-state index is -0.657. The first kappa shape index (κ1) is 7.91. The Labute approximate surface area is 74.2 Å². The van der Waals surface area contributed by atoms with E-state index in [1.54, 1.807) is 29.9 Å². The molecule has 2 aromatic rings. The molecule has 1 aromatic heterocycles. The van der Waals surface area contributed by atoms with Gasteiger partial charge in [0.25, 0.3) is 0 Å². The Bertz CT molecular complexity index is 476. The number of phenols is 1. The zero-order valence-corrected chi connectivity index (χ0v) is 7.08. The average Bonchev–Trinajstić information content (AvgIpc) is 2.45. The number of phenolic OH excluding ortho intramolecular Hbond substituents is 1. The maximum absolute atomic E-state index is 13.3. The van der Waals surface area contributed by atoms with Crippen molar-refractivity contribution in [2.24, 2.45) is 7.05 Å². The third-order valence-electron chi connectivity index (χ3n) is 2.13. The lowest BCUT2D eigenvalue weighted by atomic mass is 10.2. The first-order valence-corrected chi connectivity index (χ1v) is 3.83. The summed E-state index contributed by atoms with van der Waals surface area (Å²) in [5, 5.41) is 9.59. The maximum atomic E-state index is 13.3. The molecule has 0 spiro atoms. The summed E-state index contributed by atoms with van der Waals surface area (Å²) in [4.78, 5) is 0. The van der Waals surface area contributed by atoms with Crippen molar-refractivity contribution >= 4 is 16.6 Å². The van der Waals surface area contributed by atoms with Crippen LogP contribution in [-0.2, 0) is 7.05 Å². The van der Waals surface area contributed by atoms with Crippen LogP contribution in [-0.4, -0.2) is 9.67 Å². The van der Waals surface area contributed by atoms with Crippen LogP contribution in [0.25, 0.3) is 10.9 Å². The van der Waals surface area contributed by atoms with Crippen molar-refractivity contribution < 1.29 is 9.50 Å². The normalized spacial score (nSPS) is 10.9. The van der Waals surface area contributed by atoms with Crippen molar-refractivity contribution in [2.75, 3.05) is 5.73 Å². The van der Waals surface area contributed by atoms with Crippen LogP contribution >= 0.6 is 0 Å². The monoisotopic (exact) mass is 180 g/mol. The standard InChI is InChI=1S/C9H9FN2O/c1-12-3-2-5-7(12)4-6(11)9(13)8(5)10/h2-4,13H,11H2,1H3. The van der Waals surface area contributed by atoms with Crippen molar-refractivity contribution in [1.29, 1.82) is 0 Å². The first-order chi connectivity index (χ1) is 6.11. The summed E-state index contributed by atoms with van der Waals surface area (Å²) in [7, 11) is 1.79. The highest BCUT2D eigenvalue weighted by Crippen LogP contribution is 2.31. The highest BCUT2D eigenvalue weighted by atomic mass is 19.1. The predicted octanol–water partition coefficient (Wildman–Crippen LogP) is 1.61. The van der Waals surface area contributed by atoms with E-state index in [-0.39, 0.29) is 5.69 Å². The quantitative estimate of drug-likeness (QED) is 0.478. The molecule has 0 fully saturated rings. The fraction of sp³-hybridized carbons (Fsp3) is 0.111. The summed E-state index contributed by atoms with van der Waals surface area (Å²) in [6.07, 6.45) is 1.71. The Kier molecular flexibility index (Phi) is 1.45. The van der Waals surface area contributed by atoms with Gasteiger partial charge >= 0.3 is 0 Å². The van der Waals surface area contributed by atoms with Gasteiger partial charge in [0, 0.05) is 18.6 Å². The number of nitrogens with zero attached hydrogens (tertiary/aromatic N) is 1. The van der Waals surface area contributed by atoms with E-state index in [0.717, 1.165) is 0 Å². The lowest BCUT2D eigenvalue weighted by molar-refractivity contribution is 0.439. The lowest BCUT2D eigenvalue weighted by Crippen LogP contribution is -1.91. The zero-order chi connectivity index (χ0) is 9.59. The molecule has 0 radical (unpaired) electrons. The Morgan fingerprint density at radius 1 is 1.54 bits per heavy atom. The van der Waals surface area contributed by atoms with E-state index in [1.807, 2.05) is 0 Å². The summed E-state index contributed by atoms with van der Waals surface area (Å²) < 4.78 is 15.1. The third-order valence-corrected chi connectivity index (χ3v) is 2.13. The summed E-state index contributed by atoms with van der Waals surface area (Å²) in [5.41, 5.74) is 6.15. The minimum Gasteiger partial charge on any atom is -0.503 e. The van der Waals surface area contributed by atoms with Gasteiger partial charge in [-0.15, -0.1) is 0 Å². The van der Waals surface area contributed by atoms with E-state index in [9.17, 15) is 9.50 Å². The number of aryl methyl sites for hydroxylation is 1. The van der Waals surface area contributed by atoms with Crippen LogP contribution in [0.4, 0.5) is 10.1 Å². The van der Waals surface area contributed by atoms with Crippen molar-refractivity contribution in [2.45, 2.75) is 0 Å². The molecule has 0 aliphatic heterocycles. The fourth-order valence-corrected chi connectivity index (χ4v) is 1.38. The molecule has 0 aliphatic carbocycles. The number of benzene rings is 1. The second-order valence-corrected chi connectivity index (χ2v) is 2.99. The molecule has 0 bridgehead atoms. The number of fused-ring (bicyclic) bond motifs is 1. The van der Waals surface area contributed by atoms with Gasteiger partial charge in [-0.2, -0.15) is 0 Å². The Morgan fingerprint density at radius 2 is 2.23 bits per heavy atom. The number of aromatic hydroxyl groups is 1. The molecule has 0 atom stereocenters. The second kappa shape index (κ2) is 2.39. The Hall–Kier alpha value is -1.71. The van der Waals surface area contributed by atoms with Gasteiger partial charge in [-0.25, -0.2) is 4.39 Å². The van der Waals surface area contributed by atoms with Gasteiger partial charge in [0.15, 0.2) is 11.6 Å². The van der Waals surface area contributed by atoms with Crippen molar-refractivity contribution in [3.05, 3.63) is 24.1 Å². The molecule has 0 saturated heterocycles. The number of rotatable bonds is 0. The summed E-state index contributed by atoms with van der Waals surface area (Å²) >= 11 is 0. The van der Waals surface area contributed by atoms with Gasteiger partial charge in [0.1, 0.15) is 0 Å². The highest BCUT2D eigenvalue weighted by molar-refractivity contribution is 5.86. The molecule has 0 aliphatic rings. The Balaban J connectivity index is 2.96. The van der Waals surface area contributed by atoms with Crippen molar-refractivity contribution in [3.8, 4) is 5.75 Å². The molecule has 1 heterocycles. The van der Waals surface area contributed by atoms with Gasteiger partial charge in [0.2, 0.25) is 0 Å². The fourth-order valence-electron chi connectivity index (χ4n) is 1.38. The summed E-state index contributed by atoms with van der Waals surface area (Å²) in [6.45, 7) is 0. The summed E-state index contributed by atoms with van der Waals surface area (Å²) in [5.74, 6) is -1.13. The van der Waals surface area contributed by atoms with Crippen LogP contribution in [0, 0.1) is 5.82 Å². The predicted molar refractivity (Wildman–Crippen MR) is 49.0 cm³/mol. The van der Waals surface area contributed by atoms with Crippen LogP contribution in [0.15, 0.2) is 18.3 Å². The third kappa shape index (κ3) is 0.950. The average molecular weight is 180 g/mol. The van der Waals surface area contributed by atoms with Crippen LogP contribution in [0.2, 0.25) is 0 Å². The highest BCUT2D eigenvalue weighted by Gasteiger charge is 2.11. The number of anilines is 1. The molecular weight excluding hydrogens is 171 g/mol. The molecule has 13 heavy (non-hydrogen) atoms. The van der Waals surface area contributed by atoms with Crippen LogP contribution in [0.1, 0.15) is 0 Å². The molecule has 3 N–H and O–H groups in total. The molecule has 2 rings (SSSR count). The maximum Gasteiger partial charge on any atom is 0.176 e. The molecular formula is C9H9FN2O. The minimum absolute atomic E-state index is 0.0619. The molecule has 0 amide bonds. The van der Waals surface area contributed by atoms with Crippen molar-refractivity contribution in [1.82, 2.24) is 4.57 Å². The van der Waals surface area contributed by atoms with E-state index in [1.165, 1.54) is 0 Å². The number of hydrogen-bond acceptors (Lipinski definition) is 2. The lowest BCUT2D eigenvalue weighted by Gasteiger charge is -2.02.